The summed E-state index contributed by atoms with van der Waals surface area (Å²) in [6, 6.07) is 0. The first-order valence-electron chi connectivity index (χ1n) is 3.47. The van der Waals surface area contributed by atoms with E-state index in [1.54, 1.807) is 14.2 Å². The van der Waals surface area contributed by atoms with Gasteiger partial charge in [0.2, 0.25) is 0 Å². The zero-order chi connectivity index (χ0) is 8.41. The molecule has 0 fully saturated rings. The predicted molar refractivity (Wildman–Crippen MR) is 45.4 cm³/mol. The Bertz CT molecular complexity index is 103. The smallest absolute Gasteiger partial charge is 0.339 e. The van der Waals surface area contributed by atoms with E-state index in [-0.39, 0.29) is 5.04 Å². The monoisotopic (exact) mass is 162 g/mol. The van der Waals surface area contributed by atoms with Crippen LogP contribution < -0.4 is 0 Å². The molecule has 0 amide bonds. The normalized spacial score (nSPS) is 13.8. The molecule has 0 N–H and O–H groups in total. The summed E-state index contributed by atoms with van der Waals surface area (Å²) >= 11 is 0. The fourth-order valence-electron chi connectivity index (χ4n) is 0.696. The molecule has 62 valence electrons. The van der Waals surface area contributed by atoms with Crippen LogP contribution >= 0.6 is 0 Å². The van der Waals surface area contributed by atoms with Crippen molar-refractivity contribution in [1.29, 1.82) is 0 Å². The minimum Gasteiger partial charge on any atom is -0.397 e. The Hall–Kier alpha value is 0.137. The summed E-state index contributed by atoms with van der Waals surface area (Å²) in [4.78, 5) is 0. The Balaban J connectivity index is 4.33. The van der Waals surface area contributed by atoms with Crippen LogP contribution in [0.3, 0.4) is 0 Å². The Morgan fingerprint density at radius 3 is 1.30 bits per heavy atom. The third-order valence-electron chi connectivity index (χ3n) is 2.14. The van der Waals surface area contributed by atoms with Gasteiger partial charge < -0.3 is 8.85 Å². The molecular formula is C7H18O2Si. The van der Waals surface area contributed by atoms with Crippen molar-refractivity contribution in [1.82, 2.24) is 0 Å². The summed E-state index contributed by atoms with van der Waals surface area (Å²) in [6.45, 7) is 8.51. The quantitative estimate of drug-likeness (QED) is 0.579. The minimum atomic E-state index is -1.90. The van der Waals surface area contributed by atoms with Gasteiger partial charge in [0, 0.05) is 19.3 Å². The average Bonchev–Trinajstić information content (AvgIpc) is 1.84. The first-order chi connectivity index (χ1) is 4.37. The van der Waals surface area contributed by atoms with Crippen molar-refractivity contribution < 1.29 is 8.85 Å². The lowest BCUT2D eigenvalue weighted by Gasteiger charge is -2.35. The van der Waals surface area contributed by atoms with Crippen molar-refractivity contribution in [2.24, 2.45) is 0 Å². The molecule has 0 aromatic carbocycles. The first-order valence-corrected chi connectivity index (χ1v) is 5.79. The summed E-state index contributed by atoms with van der Waals surface area (Å²) < 4.78 is 10.7. The Morgan fingerprint density at radius 2 is 1.30 bits per heavy atom. The second-order valence-corrected chi connectivity index (χ2v) is 7.81. The second kappa shape index (κ2) is 3.03. The van der Waals surface area contributed by atoms with Gasteiger partial charge in [0.1, 0.15) is 0 Å². The van der Waals surface area contributed by atoms with Gasteiger partial charge in [-0.3, -0.25) is 0 Å². The largest absolute Gasteiger partial charge is 0.397 e. The predicted octanol–water partition coefficient (Wildman–Crippen LogP) is 2.15. The highest BCUT2D eigenvalue weighted by Gasteiger charge is 2.42. The van der Waals surface area contributed by atoms with E-state index in [1.807, 2.05) is 0 Å². The van der Waals surface area contributed by atoms with Crippen LogP contribution in [-0.4, -0.2) is 22.8 Å². The minimum absolute atomic E-state index is 0.149. The van der Waals surface area contributed by atoms with E-state index in [4.69, 9.17) is 8.85 Å². The third kappa shape index (κ3) is 1.81. The maximum atomic E-state index is 5.37. The number of rotatable bonds is 2. The Kier molecular flexibility index (Phi) is 3.07. The van der Waals surface area contributed by atoms with E-state index in [1.165, 1.54) is 0 Å². The van der Waals surface area contributed by atoms with Crippen LogP contribution in [-0.2, 0) is 8.85 Å². The molecule has 2 nitrogen and oxygen atoms in total. The van der Waals surface area contributed by atoms with Crippen LogP contribution in [0.5, 0.6) is 0 Å². The highest BCUT2D eigenvalue weighted by molar-refractivity contribution is 6.69. The van der Waals surface area contributed by atoms with E-state index < -0.39 is 8.56 Å². The van der Waals surface area contributed by atoms with Gasteiger partial charge >= 0.3 is 8.56 Å². The maximum absolute atomic E-state index is 5.37. The van der Waals surface area contributed by atoms with Gasteiger partial charge in [0.15, 0.2) is 0 Å². The fourth-order valence-corrected chi connectivity index (χ4v) is 2.09. The first kappa shape index (κ1) is 10.1. The highest BCUT2D eigenvalue weighted by atomic mass is 28.4. The molecule has 0 radical (unpaired) electrons. The van der Waals surface area contributed by atoms with E-state index >= 15 is 0 Å². The van der Waals surface area contributed by atoms with E-state index in [2.05, 4.69) is 27.3 Å². The molecule has 0 aromatic rings. The lowest BCUT2D eigenvalue weighted by Crippen LogP contribution is -2.45. The molecule has 0 aromatic heterocycles. The lowest BCUT2D eigenvalue weighted by atomic mass is 10.3. The SMILES string of the molecule is CO[Si](C)(OC)C(C)(C)C. The summed E-state index contributed by atoms with van der Waals surface area (Å²) in [6.07, 6.45) is 0. The zero-order valence-electron chi connectivity index (χ0n) is 7.82. The topological polar surface area (TPSA) is 18.5 Å². The third-order valence-corrected chi connectivity index (χ3v) is 6.42. The van der Waals surface area contributed by atoms with Crippen molar-refractivity contribution in [3.63, 3.8) is 0 Å². The van der Waals surface area contributed by atoms with E-state index in [9.17, 15) is 0 Å². The van der Waals surface area contributed by atoms with Gasteiger partial charge in [-0.1, -0.05) is 20.8 Å². The molecule has 0 saturated heterocycles. The van der Waals surface area contributed by atoms with Gasteiger partial charge in [0.25, 0.3) is 0 Å². The summed E-state index contributed by atoms with van der Waals surface area (Å²) in [5, 5.41) is 0.149. The molecule has 0 bridgehead atoms. The van der Waals surface area contributed by atoms with E-state index in [0.29, 0.717) is 0 Å². The van der Waals surface area contributed by atoms with Crippen LogP contribution in [0.15, 0.2) is 0 Å². The van der Waals surface area contributed by atoms with Crippen molar-refractivity contribution in [2.75, 3.05) is 14.2 Å². The van der Waals surface area contributed by atoms with Crippen molar-refractivity contribution in [3.8, 4) is 0 Å². The molecule has 0 rings (SSSR count). The van der Waals surface area contributed by atoms with Crippen LogP contribution in [0.2, 0.25) is 11.6 Å². The van der Waals surface area contributed by atoms with Gasteiger partial charge in [-0.25, -0.2) is 0 Å². The molecule has 0 heterocycles. The van der Waals surface area contributed by atoms with Gasteiger partial charge in [-0.2, -0.15) is 0 Å². The lowest BCUT2D eigenvalue weighted by molar-refractivity contribution is 0.222. The molecule has 0 saturated carbocycles. The van der Waals surface area contributed by atoms with Crippen LogP contribution in [0.1, 0.15) is 20.8 Å². The average molecular weight is 162 g/mol. The molecule has 0 atom stereocenters. The molecule has 10 heavy (non-hydrogen) atoms. The maximum Gasteiger partial charge on any atom is 0.339 e. The number of hydrogen-bond acceptors (Lipinski definition) is 2. The van der Waals surface area contributed by atoms with Gasteiger partial charge in [0.05, 0.1) is 0 Å². The van der Waals surface area contributed by atoms with Gasteiger partial charge in [-0.15, -0.1) is 0 Å². The molecule has 0 aliphatic heterocycles. The van der Waals surface area contributed by atoms with E-state index in [0.717, 1.165) is 0 Å². The molecular weight excluding hydrogens is 144 g/mol. The second-order valence-electron chi connectivity index (χ2n) is 3.60. The van der Waals surface area contributed by atoms with Gasteiger partial charge in [-0.05, 0) is 6.55 Å². The van der Waals surface area contributed by atoms with Crippen LogP contribution in [0, 0.1) is 0 Å². The summed E-state index contributed by atoms with van der Waals surface area (Å²) in [5.41, 5.74) is 0. The van der Waals surface area contributed by atoms with Crippen LogP contribution in [0.4, 0.5) is 0 Å². The molecule has 0 unspecified atom stereocenters. The highest BCUT2D eigenvalue weighted by Crippen LogP contribution is 2.36. The summed E-state index contributed by atoms with van der Waals surface area (Å²) in [5.74, 6) is 0. The molecule has 0 aliphatic carbocycles. The van der Waals surface area contributed by atoms with Crippen molar-refractivity contribution in [2.45, 2.75) is 32.4 Å². The van der Waals surface area contributed by atoms with Crippen molar-refractivity contribution in [3.05, 3.63) is 0 Å². The molecule has 0 spiro atoms. The van der Waals surface area contributed by atoms with Crippen LogP contribution in [0.25, 0.3) is 0 Å². The van der Waals surface area contributed by atoms with Crippen molar-refractivity contribution >= 4 is 8.56 Å². The number of hydrogen-bond donors (Lipinski definition) is 0. The molecule has 0 aliphatic rings. The summed E-state index contributed by atoms with van der Waals surface area (Å²) in [7, 11) is 1.55. The Morgan fingerprint density at radius 1 is 1.00 bits per heavy atom. The molecule has 3 heteroatoms. The fraction of sp³-hybridized carbons (Fsp3) is 1.00. The zero-order valence-corrected chi connectivity index (χ0v) is 8.82. The standard InChI is InChI=1S/C7H18O2Si/c1-7(2,3)10(6,8-4)9-5/h1-6H3. The Labute approximate surface area is 64.8 Å².